The van der Waals surface area contributed by atoms with Crippen molar-refractivity contribution in [3.05, 3.63) is 66.7 Å². The number of carbonyl (C=O) groups is 2. The Labute approximate surface area is 254 Å². The van der Waals surface area contributed by atoms with E-state index in [4.69, 9.17) is 14.2 Å². The van der Waals surface area contributed by atoms with Crippen LogP contribution in [0.2, 0.25) is 0 Å². The lowest BCUT2D eigenvalue weighted by Gasteiger charge is -2.14. The Morgan fingerprint density at radius 1 is 0.810 bits per heavy atom. The van der Waals surface area contributed by atoms with Gasteiger partial charge in [0.25, 0.3) is 0 Å². The van der Waals surface area contributed by atoms with Crippen molar-refractivity contribution < 1.29 is 23.8 Å². The van der Waals surface area contributed by atoms with E-state index >= 15 is 0 Å². The van der Waals surface area contributed by atoms with Crippen LogP contribution in [0.1, 0.15) is 109 Å². The van der Waals surface area contributed by atoms with E-state index < -0.39 is 17.4 Å². The number of ether oxygens (including phenoxy) is 3. The van der Waals surface area contributed by atoms with Crippen molar-refractivity contribution in [1.82, 2.24) is 0 Å². The lowest BCUT2D eigenvalue weighted by molar-refractivity contribution is -0.165. The molecular weight excluding hydrogens is 524 g/mol. The summed E-state index contributed by atoms with van der Waals surface area (Å²) in [6.07, 6.45) is 14.7. The minimum atomic E-state index is -1.16. The van der Waals surface area contributed by atoms with E-state index in [9.17, 15) is 9.59 Å². The zero-order chi connectivity index (χ0) is 30.2. The smallest absolute Gasteiger partial charge is 0.324 e. The van der Waals surface area contributed by atoms with Crippen molar-refractivity contribution in [3.63, 3.8) is 0 Å². The van der Waals surface area contributed by atoms with Crippen LogP contribution in [-0.4, -0.2) is 31.8 Å². The van der Waals surface area contributed by atoms with Gasteiger partial charge in [0.05, 0.1) is 19.8 Å². The minimum absolute atomic E-state index is 0.180. The third-order valence-electron chi connectivity index (χ3n) is 8.50. The minimum Gasteiger partial charge on any atom is -0.494 e. The molecule has 0 aromatic heterocycles. The van der Waals surface area contributed by atoms with Gasteiger partial charge in [-0.05, 0) is 67.3 Å². The highest BCUT2D eigenvalue weighted by molar-refractivity contribution is 6.04. The average Bonchev–Trinajstić information content (AvgIpc) is 3.77. The number of unbranched alkanes of at least 4 members (excludes halogenated alkanes) is 8. The summed E-state index contributed by atoms with van der Waals surface area (Å²) in [4.78, 5) is 24.8. The van der Waals surface area contributed by atoms with Gasteiger partial charge in [0.15, 0.2) is 5.41 Å². The van der Waals surface area contributed by atoms with Crippen LogP contribution in [0.5, 0.6) is 5.75 Å². The van der Waals surface area contributed by atoms with Crippen LogP contribution in [0.15, 0.2) is 61.2 Å². The first-order valence-electron chi connectivity index (χ1n) is 16.3. The maximum absolute atomic E-state index is 12.5. The molecule has 0 radical (unpaired) electrons. The molecule has 0 spiro atoms. The van der Waals surface area contributed by atoms with Crippen molar-refractivity contribution in [2.24, 2.45) is 11.3 Å². The Morgan fingerprint density at radius 2 is 1.38 bits per heavy atom. The first kappa shape index (κ1) is 33.4. The SMILES string of the molecule is C=CC1CC1(C(=O)OCC)C(=O)OCCCCCCCCOc1ccc(-c2ccc(C(C)CCCCCC)cc2)cc1. The molecule has 0 aliphatic heterocycles. The molecule has 42 heavy (non-hydrogen) atoms. The van der Waals surface area contributed by atoms with Gasteiger partial charge in [-0.15, -0.1) is 6.58 Å². The fourth-order valence-electron chi connectivity index (χ4n) is 5.57. The van der Waals surface area contributed by atoms with Crippen molar-refractivity contribution in [1.29, 1.82) is 0 Å². The van der Waals surface area contributed by atoms with Gasteiger partial charge in [0, 0.05) is 5.92 Å². The predicted octanol–water partition coefficient (Wildman–Crippen LogP) is 9.45. The zero-order valence-corrected chi connectivity index (χ0v) is 26.2. The number of benzene rings is 2. The molecule has 0 saturated heterocycles. The Kier molecular flexibility index (Phi) is 14.1. The van der Waals surface area contributed by atoms with Gasteiger partial charge in [0.2, 0.25) is 0 Å². The topological polar surface area (TPSA) is 61.8 Å². The number of hydrogen-bond acceptors (Lipinski definition) is 5. The van der Waals surface area contributed by atoms with Crippen LogP contribution in [0, 0.1) is 11.3 Å². The quantitative estimate of drug-likeness (QED) is 0.0641. The third-order valence-corrected chi connectivity index (χ3v) is 8.50. The molecule has 1 saturated carbocycles. The Balaban J connectivity index is 1.24. The van der Waals surface area contributed by atoms with E-state index in [2.05, 4.69) is 69.0 Å². The summed E-state index contributed by atoms with van der Waals surface area (Å²) in [5.74, 6) is 0.391. The summed E-state index contributed by atoms with van der Waals surface area (Å²) >= 11 is 0. The van der Waals surface area contributed by atoms with Crippen LogP contribution < -0.4 is 4.74 Å². The summed E-state index contributed by atoms with van der Waals surface area (Å²) in [5, 5.41) is 0. The molecule has 3 rings (SSSR count). The Bertz CT molecular complexity index is 1090. The second-order valence-corrected chi connectivity index (χ2v) is 11.7. The Morgan fingerprint density at radius 3 is 1.98 bits per heavy atom. The molecule has 2 aromatic carbocycles. The van der Waals surface area contributed by atoms with Crippen molar-refractivity contribution in [3.8, 4) is 16.9 Å². The largest absolute Gasteiger partial charge is 0.494 e. The number of rotatable bonds is 21. The molecule has 2 aromatic rings. The summed E-state index contributed by atoms with van der Waals surface area (Å²) < 4.78 is 16.5. The van der Waals surface area contributed by atoms with Crippen LogP contribution in [0.25, 0.3) is 11.1 Å². The van der Waals surface area contributed by atoms with Crippen LogP contribution in [-0.2, 0) is 19.1 Å². The van der Waals surface area contributed by atoms with Crippen LogP contribution >= 0.6 is 0 Å². The summed E-state index contributed by atoms with van der Waals surface area (Å²) in [6.45, 7) is 11.4. The number of carbonyl (C=O) groups excluding carboxylic acids is 2. The predicted molar refractivity (Wildman–Crippen MR) is 171 cm³/mol. The monoisotopic (exact) mass is 576 g/mol. The van der Waals surface area contributed by atoms with E-state index in [1.165, 1.54) is 48.8 Å². The lowest BCUT2D eigenvalue weighted by atomic mass is 9.93. The van der Waals surface area contributed by atoms with E-state index in [0.29, 0.717) is 25.6 Å². The molecule has 5 nitrogen and oxygen atoms in total. The number of esters is 2. The molecule has 1 aliphatic carbocycles. The first-order chi connectivity index (χ1) is 20.5. The molecule has 1 fully saturated rings. The van der Waals surface area contributed by atoms with Crippen LogP contribution in [0.4, 0.5) is 0 Å². The van der Waals surface area contributed by atoms with E-state index in [0.717, 1.165) is 44.3 Å². The number of allylic oxidation sites excluding steroid dienone is 1. The van der Waals surface area contributed by atoms with Gasteiger partial charge < -0.3 is 14.2 Å². The van der Waals surface area contributed by atoms with Gasteiger partial charge in [0.1, 0.15) is 5.75 Å². The molecule has 0 heterocycles. The van der Waals surface area contributed by atoms with Crippen molar-refractivity contribution >= 4 is 11.9 Å². The highest BCUT2D eigenvalue weighted by Crippen LogP contribution is 2.55. The fraction of sp³-hybridized carbons (Fsp3) is 0.568. The van der Waals surface area contributed by atoms with Gasteiger partial charge in [-0.1, -0.05) is 108 Å². The molecule has 3 unspecified atom stereocenters. The molecule has 0 bridgehead atoms. The molecule has 5 heteroatoms. The maximum atomic E-state index is 12.5. The van der Waals surface area contributed by atoms with Gasteiger partial charge in [-0.25, -0.2) is 0 Å². The summed E-state index contributed by atoms with van der Waals surface area (Å²) in [6, 6.07) is 17.4. The molecule has 1 aliphatic rings. The third kappa shape index (κ3) is 9.74. The lowest BCUT2D eigenvalue weighted by Crippen LogP contribution is -2.31. The molecule has 3 atom stereocenters. The fourth-order valence-corrected chi connectivity index (χ4v) is 5.57. The van der Waals surface area contributed by atoms with Crippen molar-refractivity contribution in [2.45, 2.75) is 104 Å². The average molecular weight is 577 g/mol. The second-order valence-electron chi connectivity index (χ2n) is 11.7. The number of hydrogen-bond donors (Lipinski definition) is 0. The summed E-state index contributed by atoms with van der Waals surface area (Å²) in [5.41, 5.74) is 2.72. The van der Waals surface area contributed by atoms with Gasteiger partial charge in [-0.3, -0.25) is 9.59 Å². The second kappa shape index (κ2) is 17.8. The highest BCUT2D eigenvalue weighted by atomic mass is 16.6. The molecule has 0 N–H and O–H groups in total. The maximum Gasteiger partial charge on any atom is 0.324 e. The van der Waals surface area contributed by atoms with Crippen LogP contribution in [0.3, 0.4) is 0 Å². The first-order valence-corrected chi connectivity index (χ1v) is 16.3. The molecular formula is C37H52O5. The van der Waals surface area contributed by atoms with Gasteiger partial charge >= 0.3 is 11.9 Å². The summed E-state index contributed by atoms with van der Waals surface area (Å²) in [7, 11) is 0. The van der Waals surface area contributed by atoms with E-state index in [-0.39, 0.29) is 12.5 Å². The highest BCUT2D eigenvalue weighted by Gasteiger charge is 2.67. The molecule has 230 valence electrons. The Hall–Kier alpha value is -3.08. The van der Waals surface area contributed by atoms with Crippen molar-refractivity contribution in [2.75, 3.05) is 19.8 Å². The van der Waals surface area contributed by atoms with E-state index in [1.54, 1.807) is 13.0 Å². The van der Waals surface area contributed by atoms with Gasteiger partial charge in [-0.2, -0.15) is 0 Å². The standard InChI is InChI=1S/C37H52O5/c1-5-8-9-14-17-29(4)30-18-20-31(21-19-30)32-22-24-34(25-23-32)41-26-15-12-10-11-13-16-27-42-36(39)37(28-33(37)6-2)35(38)40-7-3/h6,18-25,29,33H,2,5,7-17,26-28H2,1,3-4H3. The normalized spacial score (nSPS) is 18.2. The molecule has 0 amide bonds. The van der Waals surface area contributed by atoms with E-state index in [1.807, 2.05) is 0 Å². The zero-order valence-electron chi connectivity index (χ0n) is 26.2.